The van der Waals surface area contributed by atoms with Gasteiger partial charge >= 0.3 is 0 Å². The Morgan fingerprint density at radius 2 is 1.92 bits per heavy atom. The van der Waals surface area contributed by atoms with E-state index in [4.69, 9.17) is 11.6 Å². The minimum Gasteiger partial charge on any atom is -0.321 e. The second-order valence-electron chi connectivity index (χ2n) is 5.23. The summed E-state index contributed by atoms with van der Waals surface area (Å²) in [5, 5.41) is 13.6. The lowest BCUT2D eigenvalue weighted by atomic mass is 10.1. The van der Waals surface area contributed by atoms with E-state index in [0.717, 1.165) is 6.26 Å². The topological polar surface area (TPSA) is 118 Å². The van der Waals surface area contributed by atoms with Gasteiger partial charge in [0.1, 0.15) is 0 Å². The summed E-state index contributed by atoms with van der Waals surface area (Å²) in [6, 6.07) is 8.37. The van der Waals surface area contributed by atoms with Crippen molar-refractivity contribution in [3.8, 4) is 0 Å². The summed E-state index contributed by atoms with van der Waals surface area (Å²) in [4.78, 5) is 22.9. The highest BCUT2D eigenvalue weighted by molar-refractivity contribution is 7.92. The third-order valence-corrected chi connectivity index (χ3v) is 4.20. The molecule has 0 bridgehead atoms. The molecular weight excluding hydrogens is 370 g/mol. The van der Waals surface area contributed by atoms with Crippen LogP contribution in [0.3, 0.4) is 0 Å². The number of nitro benzene ring substituents is 1. The van der Waals surface area contributed by atoms with Crippen molar-refractivity contribution in [2.24, 2.45) is 0 Å². The Bertz CT molecular complexity index is 960. The molecule has 0 fully saturated rings. The highest BCUT2D eigenvalue weighted by atomic mass is 35.5. The second kappa shape index (κ2) is 7.08. The van der Waals surface area contributed by atoms with Crippen LogP contribution in [0.1, 0.15) is 15.9 Å². The fraction of sp³-hybridized carbons (Fsp3) is 0.133. The Morgan fingerprint density at radius 3 is 2.52 bits per heavy atom. The molecule has 2 aromatic rings. The predicted octanol–water partition coefficient (Wildman–Crippen LogP) is 3.18. The minimum absolute atomic E-state index is 0.0289. The number of hydrogen-bond donors (Lipinski definition) is 2. The number of amides is 1. The number of carbonyl (C=O) groups excluding carboxylic acids is 1. The monoisotopic (exact) mass is 383 g/mol. The Balaban J connectivity index is 2.34. The Morgan fingerprint density at radius 1 is 1.24 bits per heavy atom. The number of nitrogens with one attached hydrogen (secondary N) is 2. The number of anilines is 2. The first-order valence-electron chi connectivity index (χ1n) is 6.91. The number of carbonyl (C=O) groups is 1. The zero-order valence-corrected chi connectivity index (χ0v) is 14.8. The van der Waals surface area contributed by atoms with Crippen molar-refractivity contribution in [3.63, 3.8) is 0 Å². The predicted molar refractivity (Wildman–Crippen MR) is 95.7 cm³/mol. The van der Waals surface area contributed by atoms with E-state index in [1.807, 2.05) is 0 Å². The molecule has 0 spiro atoms. The maximum absolute atomic E-state index is 12.4. The second-order valence-corrected chi connectivity index (χ2v) is 7.39. The van der Waals surface area contributed by atoms with Crippen molar-refractivity contribution in [3.05, 3.63) is 62.7 Å². The molecule has 132 valence electrons. The Labute approximate surface area is 149 Å². The van der Waals surface area contributed by atoms with Crippen molar-refractivity contribution in [1.82, 2.24) is 0 Å². The normalized spacial score (nSPS) is 11.0. The van der Waals surface area contributed by atoms with Gasteiger partial charge in [0.15, 0.2) is 0 Å². The largest absolute Gasteiger partial charge is 0.321 e. The van der Waals surface area contributed by atoms with Crippen molar-refractivity contribution in [2.45, 2.75) is 6.92 Å². The Kier molecular flexibility index (Phi) is 5.29. The van der Waals surface area contributed by atoms with Crippen LogP contribution >= 0.6 is 11.6 Å². The molecule has 0 radical (unpaired) electrons. The summed E-state index contributed by atoms with van der Waals surface area (Å²) < 4.78 is 24.8. The van der Waals surface area contributed by atoms with E-state index in [-0.39, 0.29) is 27.6 Å². The molecule has 0 aromatic heterocycles. The van der Waals surface area contributed by atoms with E-state index < -0.39 is 20.9 Å². The lowest BCUT2D eigenvalue weighted by Crippen LogP contribution is -2.15. The molecule has 8 nitrogen and oxygen atoms in total. The van der Waals surface area contributed by atoms with Gasteiger partial charge < -0.3 is 5.32 Å². The zero-order valence-electron chi connectivity index (χ0n) is 13.2. The van der Waals surface area contributed by atoms with Crippen molar-refractivity contribution in [2.75, 3.05) is 16.3 Å². The van der Waals surface area contributed by atoms with Crippen LogP contribution in [0.5, 0.6) is 0 Å². The van der Waals surface area contributed by atoms with Gasteiger partial charge in [0.05, 0.1) is 33.0 Å². The first kappa shape index (κ1) is 18.7. The molecule has 10 heteroatoms. The molecular formula is C15H14ClN3O5S. The fourth-order valence-corrected chi connectivity index (χ4v) is 2.88. The van der Waals surface area contributed by atoms with E-state index in [9.17, 15) is 23.3 Å². The van der Waals surface area contributed by atoms with Crippen LogP contribution in [-0.2, 0) is 10.0 Å². The van der Waals surface area contributed by atoms with Crippen LogP contribution in [-0.4, -0.2) is 25.5 Å². The van der Waals surface area contributed by atoms with Crippen molar-refractivity contribution < 1.29 is 18.1 Å². The third-order valence-electron chi connectivity index (χ3n) is 3.26. The first-order valence-corrected chi connectivity index (χ1v) is 9.18. The average Bonchev–Trinajstić information content (AvgIpc) is 2.49. The molecule has 0 aliphatic carbocycles. The van der Waals surface area contributed by atoms with E-state index in [0.29, 0.717) is 5.56 Å². The summed E-state index contributed by atoms with van der Waals surface area (Å²) in [5.41, 5.74) is 0.629. The van der Waals surface area contributed by atoms with Gasteiger partial charge in [-0.1, -0.05) is 17.7 Å². The molecule has 1 amide bonds. The number of sulfonamides is 1. The summed E-state index contributed by atoms with van der Waals surface area (Å²) in [6.07, 6.45) is 0.980. The maximum atomic E-state index is 12.4. The molecule has 0 heterocycles. The van der Waals surface area contributed by atoms with Crippen LogP contribution < -0.4 is 10.0 Å². The van der Waals surface area contributed by atoms with Crippen LogP contribution in [0.15, 0.2) is 36.4 Å². The van der Waals surface area contributed by atoms with E-state index in [1.54, 1.807) is 0 Å². The van der Waals surface area contributed by atoms with Crippen LogP contribution in [0.4, 0.5) is 17.1 Å². The molecule has 0 saturated carbocycles. The Hall–Kier alpha value is -2.65. The lowest BCUT2D eigenvalue weighted by Gasteiger charge is -2.11. The molecule has 0 atom stereocenters. The molecule has 0 unspecified atom stereocenters. The van der Waals surface area contributed by atoms with Gasteiger partial charge in [0.2, 0.25) is 10.0 Å². The molecule has 0 saturated heterocycles. The minimum atomic E-state index is -3.51. The van der Waals surface area contributed by atoms with Gasteiger partial charge in [0, 0.05) is 11.8 Å². The van der Waals surface area contributed by atoms with Gasteiger partial charge in [-0.3, -0.25) is 19.6 Å². The number of rotatable bonds is 5. The number of benzene rings is 2. The third kappa shape index (κ3) is 4.68. The van der Waals surface area contributed by atoms with Crippen LogP contribution in [0.25, 0.3) is 0 Å². The summed E-state index contributed by atoms with van der Waals surface area (Å²) >= 11 is 6.00. The smallest absolute Gasteiger partial charge is 0.274 e. The SMILES string of the molecule is Cc1c(NC(=O)c2cc(NS(C)(=O)=O)ccc2Cl)cccc1[N+](=O)[O-]. The molecule has 25 heavy (non-hydrogen) atoms. The van der Waals surface area contributed by atoms with Crippen molar-refractivity contribution >= 4 is 44.6 Å². The number of nitro groups is 1. The van der Waals surface area contributed by atoms with Gasteiger partial charge in [0.25, 0.3) is 11.6 Å². The van der Waals surface area contributed by atoms with E-state index in [1.165, 1.54) is 43.3 Å². The average molecular weight is 384 g/mol. The lowest BCUT2D eigenvalue weighted by molar-refractivity contribution is -0.385. The molecule has 2 N–H and O–H groups in total. The highest BCUT2D eigenvalue weighted by Crippen LogP contribution is 2.27. The van der Waals surface area contributed by atoms with Crippen LogP contribution in [0, 0.1) is 17.0 Å². The number of nitrogens with zero attached hydrogens (tertiary/aromatic N) is 1. The first-order chi connectivity index (χ1) is 11.6. The fourth-order valence-electron chi connectivity index (χ4n) is 2.12. The highest BCUT2D eigenvalue weighted by Gasteiger charge is 2.17. The van der Waals surface area contributed by atoms with E-state index in [2.05, 4.69) is 10.0 Å². The standard InChI is InChI=1S/C15H14ClN3O5S/c1-9-13(4-3-5-14(9)19(21)22)17-15(20)11-8-10(6-7-12(11)16)18-25(2,23)24/h3-8,18H,1-2H3,(H,17,20). The zero-order chi connectivity index (χ0) is 18.8. The summed E-state index contributed by atoms with van der Waals surface area (Å²) in [7, 11) is -3.51. The van der Waals surface area contributed by atoms with Gasteiger partial charge in [-0.15, -0.1) is 0 Å². The van der Waals surface area contributed by atoms with Gasteiger partial charge in [-0.25, -0.2) is 8.42 Å². The van der Waals surface area contributed by atoms with Gasteiger partial charge in [-0.2, -0.15) is 0 Å². The number of hydrogen-bond acceptors (Lipinski definition) is 5. The molecule has 0 aliphatic heterocycles. The maximum Gasteiger partial charge on any atom is 0.274 e. The van der Waals surface area contributed by atoms with Crippen LogP contribution in [0.2, 0.25) is 5.02 Å². The number of halogens is 1. The quantitative estimate of drug-likeness (QED) is 0.607. The van der Waals surface area contributed by atoms with E-state index >= 15 is 0 Å². The molecule has 0 aliphatic rings. The summed E-state index contributed by atoms with van der Waals surface area (Å²) in [6.45, 7) is 1.51. The molecule has 2 aromatic carbocycles. The molecule has 2 rings (SSSR count). The van der Waals surface area contributed by atoms with Crippen molar-refractivity contribution in [1.29, 1.82) is 0 Å². The summed E-state index contributed by atoms with van der Waals surface area (Å²) in [5.74, 6) is -0.620. The van der Waals surface area contributed by atoms with Gasteiger partial charge in [-0.05, 0) is 31.2 Å².